The monoisotopic (exact) mass is 180 g/mol. The maximum Gasteiger partial charge on any atom is 0.224 e. The van der Waals surface area contributed by atoms with E-state index in [1.807, 2.05) is 0 Å². The van der Waals surface area contributed by atoms with Gasteiger partial charge < -0.3 is 5.32 Å². The highest BCUT2D eigenvalue weighted by Crippen LogP contribution is 2.23. The van der Waals surface area contributed by atoms with E-state index >= 15 is 0 Å². The van der Waals surface area contributed by atoms with Crippen molar-refractivity contribution >= 4 is 5.91 Å². The molecule has 0 bridgehead atoms. The normalized spacial score (nSPS) is 24.2. The molecular weight excluding hydrogens is 164 g/mol. The summed E-state index contributed by atoms with van der Waals surface area (Å²) in [6.07, 6.45) is 2.67. The minimum atomic E-state index is 0.198. The molecule has 0 aromatic rings. The summed E-state index contributed by atoms with van der Waals surface area (Å²) in [5.41, 5.74) is 2.66. The Balaban J connectivity index is 2.09. The van der Waals surface area contributed by atoms with E-state index in [4.69, 9.17) is 0 Å². The minimum absolute atomic E-state index is 0.198. The van der Waals surface area contributed by atoms with Crippen molar-refractivity contribution in [2.75, 3.05) is 19.6 Å². The van der Waals surface area contributed by atoms with Crippen LogP contribution in [0.15, 0.2) is 11.3 Å². The van der Waals surface area contributed by atoms with Crippen molar-refractivity contribution in [3.63, 3.8) is 0 Å². The van der Waals surface area contributed by atoms with Gasteiger partial charge in [0.15, 0.2) is 0 Å². The fourth-order valence-corrected chi connectivity index (χ4v) is 2.04. The second-order valence-corrected chi connectivity index (χ2v) is 3.75. The zero-order valence-corrected chi connectivity index (χ0v) is 8.10. The van der Waals surface area contributed by atoms with Gasteiger partial charge in [-0.15, -0.1) is 0 Å². The molecule has 0 unspecified atom stereocenters. The van der Waals surface area contributed by atoms with Gasteiger partial charge in [-0.1, -0.05) is 6.92 Å². The average Bonchev–Trinajstić information content (AvgIpc) is 2.17. The van der Waals surface area contributed by atoms with Gasteiger partial charge in [-0.3, -0.25) is 9.69 Å². The molecule has 0 aromatic carbocycles. The molecule has 13 heavy (non-hydrogen) atoms. The van der Waals surface area contributed by atoms with Crippen molar-refractivity contribution in [1.29, 1.82) is 0 Å². The molecule has 72 valence electrons. The van der Waals surface area contributed by atoms with E-state index in [1.54, 1.807) is 0 Å². The van der Waals surface area contributed by atoms with E-state index < -0.39 is 0 Å². The first-order chi connectivity index (χ1) is 6.29. The van der Waals surface area contributed by atoms with Crippen LogP contribution in [0.25, 0.3) is 0 Å². The molecule has 0 fully saturated rings. The van der Waals surface area contributed by atoms with Crippen LogP contribution < -0.4 is 5.32 Å². The third-order valence-electron chi connectivity index (χ3n) is 2.91. The lowest BCUT2D eigenvalue weighted by Gasteiger charge is -2.32. The van der Waals surface area contributed by atoms with Crippen LogP contribution in [0.3, 0.4) is 0 Å². The molecule has 0 saturated carbocycles. The van der Waals surface area contributed by atoms with Gasteiger partial charge in [0.25, 0.3) is 0 Å². The molecule has 1 amide bonds. The zero-order chi connectivity index (χ0) is 9.26. The van der Waals surface area contributed by atoms with Gasteiger partial charge in [-0.25, -0.2) is 0 Å². The molecule has 2 aliphatic heterocycles. The van der Waals surface area contributed by atoms with Crippen molar-refractivity contribution in [3.8, 4) is 0 Å². The van der Waals surface area contributed by atoms with E-state index in [0.29, 0.717) is 6.42 Å². The molecule has 2 heterocycles. The topological polar surface area (TPSA) is 32.3 Å². The Hall–Kier alpha value is -0.830. The maximum atomic E-state index is 11.1. The fraction of sp³-hybridized carbons (Fsp3) is 0.700. The van der Waals surface area contributed by atoms with Crippen molar-refractivity contribution in [2.45, 2.75) is 26.2 Å². The first-order valence-corrected chi connectivity index (χ1v) is 5.02. The van der Waals surface area contributed by atoms with Gasteiger partial charge in [0, 0.05) is 31.6 Å². The quantitative estimate of drug-likeness (QED) is 0.649. The van der Waals surface area contributed by atoms with Crippen LogP contribution in [-0.2, 0) is 4.79 Å². The largest absolute Gasteiger partial charge is 0.330 e. The lowest BCUT2D eigenvalue weighted by molar-refractivity contribution is -0.120. The molecule has 0 radical (unpaired) electrons. The smallest absolute Gasteiger partial charge is 0.224 e. The van der Waals surface area contributed by atoms with Gasteiger partial charge in [-0.05, 0) is 18.5 Å². The maximum absolute atomic E-state index is 11.1. The molecular formula is C10H16N2O. The summed E-state index contributed by atoms with van der Waals surface area (Å²) >= 11 is 0. The van der Waals surface area contributed by atoms with Crippen molar-refractivity contribution in [2.24, 2.45) is 0 Å². The van der Waals surface area contributed by atoms with Crippen molar-refractivity contribution in [3.05, 3.63) is 11.3 Å². The van der Waals surface area contributed by atoms with Crippen LogP contribution in [0.2, 0.25) is 0 Å². The summed E-state index contributed by atoms with van der Waals surface area (Å²) < 4.78 is 0. The fourth-order valence-electron chi connectivity index (χ4n) is 2.04. The highest BCUT2D eigenvalue weighted by atomic mass is 16.1. The molecule has 3 heteroatoms. The highest BCUT2D eigenvalue weighted by Gasteiger charge is 2.22. The van der Waals surface area contributed by atoms with E-state index in [1.165, 1.54) is 11.3 Å². The Morgan fingerprint density at radius 3 is 3.00 bits per heavy atom. The van der Waals surface area contributed by atoms with Gasteiger partial charge in [-0.2, -0.15) is 0 Å². The summed E-state index contributed by atoms with van der Waals surface area (Å²) in [6.45, 7) is 5.46. The first kappa shape index (κ1) is 8.75. The van der Waals surface area contributed by atoms with Gasteiger partial charge >= 0.3 is 0 Å². The Labute approximate surface area is 78.8 Å². The SMILES string of the molecule is CCN1CCC2=C(CCC(=O)N2)C1. The van der Waals surface area contributed by atoms with E-state index in [-0.39, 0.29) is 5.91 Å². The molecule has 2 aliphatic rings. The van der Waals surface area contributed by atoms with E-state index in [9.17, 15) is 4.79 Å². The second kappa shape index (κ2) is 3.50. The predicted molar refractivity (Wildman–Crippen MR) is 51.1 cm³/mol. The third kappa shape index (κ3) is 1.75. The number of rotatable bonds is 1. The van der Waals surface area contributed by atoms with Crippen LogP contribution in [0, 0.1) is 0 Å². The number of amides is 1. The standard InChI is InChI=1S/C10H16N2O/c1-2-12-6-5-9-8(7-12)3-4-10(13)11-9/h2-7H2,1H3,(H,11,13). The molecule has 0 aromatic heterocycles. The van der Waals surface area contributed by atoms with Crippen LogP contribution >= 0.6 is 0 Å². The van der Waals surface area contributed by atoms with E-state index in [2.05, 4.69) is 17.1 Å². The number of carbonyl (C=O) groups excluding carboxylic acids is 1. The molecule has 1 N–H and O–H groups in total. The van der Waals surface area contributed by atoms with Gasteiger partial charge in [0.05, 0.1) is 0 Å². The second-order valence-electron chi connectivity index (χ2n) is 3.75. The van der Waals surface area contributed by atoms with Crippen LogP contribution in [0.1, 0.15) is 26.2 Å². The molecule has 2 rings (SSSR count). The third-order valence-corrected chi connectivity index (χ3v) is 2.91. The lowest BCUT2D eigenvalue weighted by atomic mass is 9.98. The molecule has 0 aliphatic carbocycles. The Kier molecular flexibility index (Phi) is 2.36. The number of hydrogen-bond acceptors (Lipinski definition) is 2. The summed E-state index contributed by atoms with van der Waals surface area (Å²) in [5, 5.41) is 2.98. The molecule has 0 spiro atoms. The molecule has 0 atom stereocenters. The Morgan fingerprint density at radius 2 is 2.23 bits per heavy atom. The lowest BCUT2D eigenvalue weighted by Crippen LogP contribution is -2.39. The number of nitrogens with one attached hydrogen (secondary N) is 1. The summed E-state index contributed by atoms with van der Waals surface area (Å²) in [6, 6.07) is 0. The average molecular weight is 180 g/mol. The van der Waals surface area contributed by atoms with Crippen LogP contribution in [0.4, 0.5) is 0 Å². The number of likely N-dealkylation sites (N-methyl/N-ethyl adjacent to an activating group) is 1. The summed E-state index contributed by atoms with van der Waals surface area (Å²) in [7, 11) is 0. The minimum Gasteiger partial charge on any atom is -0.330 e. The van der Waals surface area contributed by atoms with Crippen LogP contribution in [0.5, 0.6) is 0 Å². The Bertz CT molecular complexity index is 258. The Morgan fingerprint density at radius 1 is 1.38 bits per heavy atom. The number of carbonyl (C=O) groups is 1. The number of hydrogen-bond donors (Lipinski definition) is 1. The van der Waals surface area contributed by atoms with Gasteiger partial charge in [0.2, 0.25) is 5.91 Å². The van der Waals surface area contributed by atoms with Crippen molar-refractivity contribution in [1.82, 2.24) is 10.2 Å². The molecule has 0 saturated heterocycles. The summed E-state index contributed by atoms with van der Waals surface area (Å²) in [5.74, 6) is 0.198. The summed E-state index contributed by atoms with van der Waals surface area (Å²) in [4.78, 5) is 13.5. The number of nitrogens with zero attached hydrogens (tertiary/aromatic N) is 1. The van der Waals surface area contributed by atoms with E-state index in [0.717, 1.165) is 32.5 Å². The van der Waals surface area contributed by atoms with Crippen molar-refractivity contribution < 1.29 is 4.79 Å². The first-order valence-electron chi connectivity index (χ1n) is 5.02. The zero-order valence-electron chi connectivity index (χ0n) is 8.10. The molecule has 3 nitrogen and oxygen atoms in total. The van der Waals surface area contributed by atoms with Crippen LogP contribution in [-0.4, -0.2) is 30.4 Å². The van der Waals surface area contributed by atoms with Gasteiger partial charge in [0.1, 0.15) is 0 Å². The highest BCUT2D eigenvalue weighted by molar-refractivity contribution is 5.79. The predicted octanol–water partition coefficient (Wildman–Crippen LogP) is 0.876.